The molecule has 0 radical (unpaired) electrons. The van der Waals surface area contributed by atoms with E-state index in [1.54, 1.807) is 0 Å². The lowest BCUT2D eigenvalue weighted by atomic mass is 10.2. The Balaban J connectivity index is 2.67. The lowest BCUT2D eigenvalue weighted by Gasteiger charge is -2.07. The first-order valence-electron chi connectivity index (χ1n) is 5.93. The van der Waals surface area contributed by atoms with Crippen LogP contribution in [-0.4, -0.2) is 34.6 Å². The number of aromatic hydroxyl groups is 2. The molecule has 0 heterocycles. The van der Waals surface area contributed by atoms with Crippen molar-refractivity contribution in [3.05, 3.63) is 52.1 Å². The number of carbonyl (C=O) groups is 1. The molecule has 120 valence electrons. The van der Waals surface area contributed by atoms with Gasteiger partial charge >= 0.3 is 11.7 Å². The zero-order valence-corrected chi connectivity index (χ0v) is 12.0. The Labute approximate surface area is 129 Å². The third kappa shape index (κ3) is 2.92. The smallest absolute Gasteiger partial charge is 0.335 e. The van der Waals surface area contributed by atoms with E-state index in [4.69, 9.17) is 5.11 Å². The Morgan fingerprint density at radius 3 is 2.30 bits per heavy atom. The third-order valence-electron chi connectivity index (χ3n) is 2.94. The second-order valence-electron chi connectivity index (χ2n) is 4.40. The Hall–Kier alpha value is -3.14. The van der Waals surface area contributed by atoms with Crippen LogP contribution < -0.4 is 0 Å². The van der Waals surface area contributed by atoms with Crippen LogP contribution in [0.2, 0.25) is 0 Å². The number of hydrogen-bond donors (Lipinski definition) is 3. The van der Waals surface area contributed by atoms with Crippen LogP contribution in [0.3, 0.4) is 0 Å². The molecule has 3 N–H and O–H groups in total. The number of rotatable bonds is 4. The fourth-order valence-corrected chi connectivity index (χ4v) is 3.15. The SMILES string of the molecule is O=C(O)c1cccc(S(=O)(=O)c2cc(O)c(O)c([N+](=O)[O-])c2)c1. The number of nitrogens with zero attached hydrogens (tertiary/aromatic N) is 1. The van der Waals surface area contributed by atoms with Crippen LogP contribution in [0.25, 0.3) is 0 Å². The molecule has 9 nitrogen and oxygen atoms in total. The zero-order chi connectivity index (χ0) is 17.4. The summed E-state index contributed by atoms with van der Waals surface area (Å²) in [5, 5.41) is 38.5. The van der Waals surface area contributed by atoms with Gasteiger partial charge in [-0.3, -0.25) is 10.1 Å². The third-order valence-corrected chi connectivity index (χ3v) is 4.67. The van der Waals surface area contributed by atoms with Crippen molar-refractivity contribution in [3.63, 3.8) is 0 Å². The number of nitro benzene ring substituents is 1. The van der Waals surface area contributed by atoms with Crippen molar-refractivity contribution < 1.29 is 33.5 Å². The molecule has 0 atom stereocenters. The van der Waals surface area contributed by atoms with Gasteiger partial charge in [0, 0.05) is 12.1 Å². The second kappa shape index (κ2) is 5.57. The van der Waals surface area contributed by atoms with Gasteiger partial charge in [0.05, 0.1) is 20.3 Å². The number of phenolic OH excluding ortho intramolecular Hbond substituents is 2. The van der Waals surface area contributed by atoms with Crippen molar-refractivity contribution >= 4 is 21.5 Å². The molecule has 0 fully saturated rings. The van der Waals surface area contributed by atoms with Gasteiger partial charge in [-0.25, -0.2) is 13.2 Å². The van der Waals surface area contributed by atoms with Crippen LogP contribution in [0.15, 0.2) is 46.2 Å². The van der Waals surface area contributed by atoms with Crippen molar-refractivity contribution in [1.29, 1.82) is 0 Å². The molecular weight excluding hydrogens is 330 g/mol. The van der Waals surface area contributed by atoms with E-state index >= 15 is 0 Å². The van der Waals surface area contributed by atoms with Crippen molar-refractivity contribution in [1.82, 2.24) is 0 Å². The summed E-state index contributed by atoms with van der Waals surface area (Å²) in [6.45, 7) is 0. The molecule has 2 aromatic carbocycles. The van der Waals surface area contributed by atoms with E-state index in [9.17, 15) is 33.5 Å². The summed E-state index contributed by atoms with van der Waals surface area (Å²) >= 11 is 0. The molecule has 0 saturated heterocycles. The minimum Gasteiger partial charge on any atom is -0.504 e. The number of hydrogen-bond acceptors (Lipinski definition) is 7. The lowest BCUT2D eigenvalue weighted by molar-refractivity contribution is -0.386. The minimum absolute atomic E-state index is 0.288. The summed E-state index contributed by atoms with van der Waals surface area (Å²) < 4.78 is 24.9. The average molecular weight is 339 g/mol. The Bertz CT molecular complexity index is 920. The molecule has 0 spiro atoms. The summed E-state index contributed by atoms with van der Waals surface area (Å²) in [5.41, 5.74) is -1.28. The highest BCUT2D eigenvalue weighted by Crippen LogP contribution is 2.38. The highest BCUT2D eigenvalue weighted by molar-refractivity contribution is 7.91. The molecule has 0 aliphatic carbocycles. The fourth-order valence-electron chi connectivity index (χ4n) is 1.81. The van der Waals surface area contributed by atoms with Crippen LogP contribution in [0.5, 0.6) is 11.5 Å². The fraction of sp³-hybridized carbons (Fsp3) is 0. The first-order valence-corrected chi connectivity index (χ1v) is 7.41. The summed E-state index contributed by atoms with van der Waals surface area (Å²) in [6, 6.07) is 5.59. The molecule has 2 aromatic rings. The van der Waals surface area contributed by atoms with Gasteiger partial charge in [0.15, 0.2) is 5.75 Å². The standard InChI is InChI=1S/C13H9NO8S/c15-11-6-9(5-10(12(11)16)14(19)20)23(21,22)8-3-1-2-7(4-8)13(17)18/h1-6,15-16H,(H,17,18). The van der Waals surface area contributed by atoms with E-state index in [0.29, 0.717) is 12.1 Å². The number of nitro groups is 1. The van der Waals surface area contributed by atoms with Crippen molar-refractivity contribution in [2.75, 3.05) is 0 Å². The van der Waals surface area contributed by atoms with Crippen LogP contribution in [-0.2, 0) is 9.84 Å². The minimum atomic E-state index is -4.33. The van der Waals surface area contributed by atoms with E-state index in [0.717, 1.165) is 12.1 Å². The molecule has 0 bridgehead atoms. The first kappa shape index (κ1) is 16.2. The highest BCUT2D eigenvalue weighted by Gasteiger charge is 2.26. The Kier molecular flexibility index (Phi) is 3.93. The topological polar surface area (TPSA) is 155 Å². The maximum absolute atomic E-state index is 12.4. The van der Waals surface area contributed by atoms with Crippen molar-refractivity contribution in [2.45, 2.75) is 9.79 Å². The highest BCUT2D eigenvalue weighted by atomic mass is 32.2. The van der Waals surface area contributed by atoms with Gasteiger partial charge in [-0.1, -0.05) is 6.07 Å². The number of phenols is 2. The maximum atomic E-state index is 12.4. The molecule has 23 heavy (non-hydrogen) atoms. The van der Waals surface area contributed by atoms with Crippen molar-refractivity contribution in [3.8, 4) is 11.5 Å². The number of carboxylic acid groups (broad SMARTS) is 1. The van der Waals surface area contributed by atoms with E-state index in [2.05, 4.69) is 0 Å². The Morgan fingerprint density at radius 1 is 1.09 bits per heavy atom. The lowest BCUT2D eigenvalue weighted by Crippen LogP contribution is -2.05. The number of sulfone groups is 1. The summed E-state index contributed by atoms with van der Waals surface area (Å²) in [4.78, 5) is 19.6. The van der Waals surface area contributed by atoms with Gasteiger partial charge in [0.2, 0.25) is 15.6 Å². The van der Waals surface area contributed by atoms with Gasteiger partial charge in [0.1, 0.15) is 0 Å². The summed E-state index contributed by atoms with van der Waals surface area (Å²) in [7, 11) is -4.33. The average Bonchev–Trinajstić information content (AvgIpc) is 2.49. The number of benzene rings is 2. The molecular formula is C13H9NO8S. The first-order chi connectivity index (χ1) is 10.6. The number of aromatic carboxylic acids is 1. The maximum Gasteiger partial charge on any atom is 0.335 e. The monoisotopic (exact) mass is 339 g/mol. The molecule has 0 saturated carbocycles. The molecule has 0 aromatic heterocycles. The van der Waals surface area contributed by atoms with Crippen LogP contribution in [0, 0.1) is 10.1 Å². The van der Waals surface area contributed by atoms with Crippen molar-refractivity contribution in [2.24, 2.45) is 0 Å². The van der Waals surface area contributed by atoms with Crippen LogP contribution in [0.1, 0.15) is 10.4 Å². The van der Waals surface area contributed by atoms with E-state index < -0.39 is 47.7 Å². The summed E-state index contributed by atoms with van der Waals surface area (Å²) in [5.74, 6) is -3.39. The van der Waals surface area contributed by atoms with E-state index in [1.807, 2.05) is 0 Å². The molecule has 0 aliphatic rings. The quantitative estimate of drug-likeness (QED) is 0.430. The molecule has 0 aliphatic heterocycles. The van der Waals surface area contributed by atoms with Crippen LogP contribution >= 0.6 is 0 Å². The van der Waals surface area contributed by atoms with Gasteiger partial charge < -0.3 is 15.3 Å². The van der Waals surface area contributed by atoms with Gasteiger partial charge in [0.25, 0.3) is 0 Å². The Morgan fingerprint density at radius 2 is 1.74 bits per heavy atom. The van der Waals surface area contributed by atoms with E-state index in [1.165, 1.54) is 12.1 Å². The van der Waals surface area contributed by atoms with Crippen LogP contribution in [0.4, 0.5) is 5.69 Å². The molecule has 2 rings (SSSR count). The molecule has 0 amide bonds. The largest absolute Gasteiger partial charge is 0.504 e. The van der Waals surface area contributed by atoms with Gasteiger partial charge in [-0.2, -0.15) is 0 Å². The normalized spacial score (nSPS) is 11.1. The predicted octanol–water partition coefficient (Wildman–Crippen LogP) is 1.54. The predicted molar refractivity (Wildman–Crippen MR) is 75.3 cm³/mol. The van der Waals surface area contributed by atoms with Gasteiger partial charge in [-0.15, -0.1) is 0 Å². The number of carboxylic acids is 1. The molecule has 10 heteroatoms. The zero-order valence-electron chi connectivity index (χ0n) is 11.2. The second-order valence-corrected chi connectivity index (χ2v) is 6.35. The van der Waals surface area contributed by atoms with E-state index in [-0.39, 0.29) is 5.56 Å². The molecule has 0 unspecified atom stereocenters. The summed E-state index contributed by atoms with van der Waals surface area (Å²) in [6.07, 6.45) is 0. The van der Waals surface area contributed by atoms with Gasteiger partial charge in [-0.05, 0) is 18.2 Å².